The molecule has 10 heteroatoms. The summed E-state index contributed by atoms with van der Waals surface area (Å²) < 4.78 is 4.84. The average Bonchev–Trinajstić information content (AvgIpc) is 3.47. The van der Waals surface area contributed by atoms with Crippen molar-refractivity contribution in [1.29, 1.82) is 0 Å². The van der Waals surface area contributed by atoms with E-state index in [1.165, 1.54) is 0 Å². The molecule has 1 amide bonds. The van der Waals surface area contributed by atoms with Crippen molar-refractivity contribution in [3.05, 3.63) is 92.4 Å². The molecular weight excluding hydrogens is 586 g/mol. The second-order valence-corrected chi connectivity index (χ2v) is 12.8. The minimum atomic E-state index is -0.107. The summed E-state index contributed by atoms with van der Waals surface area (Å²) in [5.74, 6) is 0.355. The number of fused-ring (bicyclic) bond motifs is 1. The Hall–Kier alpha value is -3.16. The quantitative estimate of drug-likeness (QED) is 0.204. The van der Waals surface area contributed by atoms with Crippen LogP contribution in [0.4, 0.5) is 5.82 Å². The number of carbonyl (C=O) groups excluding carboxylic acids is 1. The molecule has 0 saturated carbocycles. The molecule has 0 aliphatic carbocycles. The van der Waals surface area contributed by atoms with Gasteiger partial charge in [0.05, 0.1) is 0 Å². The van der Waals surface area contributed by atoms with Crippen molar-refractivity contribution in [2.75, 3.05) is 5.32 Å². The summed E-state index contributed by atoms with van der Waals surface area (Å²) in [7, 11) is 0. The molecule has 182 valence electrons. The molecule has 3 aromatic heterocycles. The van der Waals surface area contributed by atoms with E-state index in [1.54, 1.807) is 6.07 Å². The molecule has 5 aromatic rings. The monoisotopic (exact) mass is 612 g/mol. The summed E-state index contributed by atoms with van der Waals surface area (Å²) in [4.78, 5) is 24.9. The van der Waals surface area contributed by atoms with Gasteiger partial charge in [-0.05, 0) is 12.5 Å². The molecule has 8 nitrogen and oxygen atoms in total. The van der Waals surface area contributed by atoms with E-state index in [1.807, 2.05) is 65.1 Å². The van der Waals surface area contributed by atoms with Gasteiger partial charge in [-0.1, -0.05) is 29.8 Å². The molecule has 3 heterocycles. The summed E-state index contributed by atoms with van der Waals surface area (Å²) in [5.41, 5.74) is 3.05. The Balaban J connectivity index is 1.09. The zero-order chi connectivity index (χ0) is 24.9. The second-order valence-electron chi connectivity index (χ2n) is 8.50. The molecule has 2 aromatic carbocycles. The van der Waals surface area contributed by atoms with Crippen molar-refractivity contribution in [2.24, 2.45) is 0 Å². The molecule has 1 N–H and O–H groups in total. The van der Waals surface area contributed by atoms with E-state index in [2.05, 4.69) is 25.7 Å². The first kappa shape index (κ1) is 24.5. The Labute approximate surface area is 220 Å². The number of aryl methyl sites for hydroxylation is 3. The van der Waals surface area contributed by atoms with E-state index >= 15 is 0 Å². The summed E-state index contributed by atoms with van der Waals surface area (Å²) in [6, 6.07) is 19.4. The smallest absolute Gasteiger partial charge is 0.0556 e. The van der Waals surface area contributed by atoms with Crippen LogP contribution in [0.15, 0.2) is 65.5 Å². The van der Waals surface area contributed by atoms with Gasteiger partial charge in [-0.3, -0.25) is 0 Å². The van der Waals surface area contributed by atoms with E-state index in [-0.39, 0.29) is 40.7 Å². The predicted octanol–water partition coefficient (Wildman–Crippen LogP) is 2.74. The zero-order valence-corrected chi connectivity index (χ0v) is 23.1. The van der Waals surface area contributed by atoms with Crippen molar-refractivity contribution in [3.8, 4) is 4.69 Å². The average molecular weight is 610 g/mol. The molecule has 0 radical (unpaired) electrons. The Bertz CT molecular complexity index is 1550. The first-order chi connectivity index (χ1) is 17.5. The van der Waals surface area contributed by atoms with Crippen LogP contribution < -0.4 is 10.9 Å². The SMILES string of the molecule is Cc1cccc(CC(=O)Nc2ccc(CCCCc3nnc(-n4[se]c5ccccc5c4=O)[se]3)nn2)c1. The number of carbonyl (C=O) groups is 1. The summed E-state index contributed by atoms with van der Waals surface area (Å²) in [6.45, 7) is 2.01. The standard InChI is InChI=1S/C26H24N6O2Se2/c1-17-7-6-8-18(15-17)16-23(33)27-22-14-13-19(28-29-22)9-2-5-12-24-30-31-26(35-24)32-25(34)20-10-3-4-11-21(20)36-32/h3-4,6-8,10-11,13-15H,2,5,9,12,16H2,1H3,(H,27,29,33). The van der Waals surface area contributed by atoms with Crippen LogP contribution >= 0.6 is 0 Å². The Kier molecular flexibility index (Phi) is 7.68. The summed E-state index contributed by atoms with van der Waals surface area (Å²) >= 11 is -0.0539. The molecule has 0 bridgehead atoms. The minimum Gasteiger partial charge on any atom is -0.0556 e. The van der Waals surface area contributed by atoms with Gasteiger partial charge in [0.2, 0.25) is 0 Å². The topological polar surface area (TPSA) is 103 Å². The van der Waals surface area contributed by atoms with Crippen molar-refractivity contribution in [2.45, 2.75) is 39.0 Å². The number of aromatic nitrogens is 5. The molecular formula is C26H24N6O2Se2. The summed E-state index contributed by atoms with van der Waals surface area (Å²) in [5, 5.41) is 20.7. The van der Waals surface area contributed by atoms with Gasteiger partial charge in [0.15, 0.2) is 0 Å². The van der Waals surface area contributed by atoms with Crippen LogP contribution in [-0.2, 0) is 24.1 Å². The maximum atomic E-state index is 12.7. The number of nitrogens with one attached hydrogen (secondary N) is 1. The zero-order valence-electron chi connectivity index (χ0n) is 19.7. The number of amides is 1. The largest absolute Gasteiger partial charge is 0.0556 e. The molecule has 0 spiro atoms. The van der Waals surface area contributed by atoms with Crippen LogP contribution in [0.3, 0.4) is 0 Å². The molecule has 0 atom stereocenters. The van der Waals surface area contributed by atoms with Crippen molar-refractivity contribution >= 4 is 50.6 Å². The molecule has 0 aliphatic heterocycles. The van der Waals surface area contributed by atoms with Crippen molar-refractivity contribution in [3.63, 3.8) is 0 Å². The number of benzene rings is 2. The number of hydrogen-bond acceptors (Lipinski definition) is 6. The van der Waals surface area contributed by atoms with Gasteiger partial charge >= 0.3 is 178 Å². The molecule has 0 fully saturated rings. The van der Waals surface area contributed by atoms with Gasteiger partial charge in [0.1, 0.15) is 0 Å². The number of rotatable bonds is 9. The van der Waals surface area contributed by atoms with Gasteiger partial charge in [0, 0.05) is 0 Å². The fraction of sp³-hybridized carbons (Fsp3) is 0.231. The molecule has 5 rings (SSSR count). The minimum absolute atomic E-state index is 0.00242. The van der Waals surface area contributed by atoms with Gasteiger partial charge in [0.25, 0.3) is 0 Å². The Morgan fingerprint density at radius 1 is 0.944 bits per heavy atom. The number of unbranched alkanes of at least 4 members (excludes halogenated alkanes) is 1. The number of anilines is 1. The molecule has 0 aliphatic rings. The third kappa shape index (κ3) is 5.97. The number of hydrogen-bond donors (Lipinski definition) is 1. The summed E-state index contributed by atoms with van der Waals surface area (Å²) in [6.07, 6.45) is 3.91. The van der Waals surface area contributed by atoms with Crippen LogP contribution in [0.5, 0.6) is 0 Å². The van der Waals surface area contributed by atoms with Gasteiger partial charge in [-0.2, -0.15) is 0 Å². The van der Waals surface area contributed by atoms with Gasteiger partial charge < -0.3 is 0 Å². The van der Waals surface area contributed by atoms with Crippen LogP contribution in [-0.4, -0.2) is 59.1 Å². The normalized spacial score (nSPS) is 11.1. The fourth-order valence-electron chi connectivity index (χ4n) is 3.86. The van der Waals surface area contributed by atoms with Crippen LogP contribution in [0.25, 0.3) is 14.3 Å². The van der Waals surface area contributed by atoms with E-state index < -0.39 is 0 Å². The number of nitrogens with zero attached hydrogens (tertiary/aromatic N) is 5. The Morgan fingerprint density at radius 2 is 1.81 bits per heavy atom. The third-order valence-corrected chi connectivity index (χ3v) is 10.5. The van der Waals surface area contributed by atoms with E-state index in [0.717, 1.165) is 61.4 Å². The van der Waals surface area contributed by atoms with Gasteiger partial charge in [-0.15, -0.1) is 0 Å². The first-order valence-corrected chi connectivity index (χ1v) is 15.0. The molecule has 0 unspecified atom stereocenters. The predicted molar refractivity (Wildman–Crippen MR) is 141 cm³/mol. The van der Waals surface area contributed by atoms with Crippen LogP contribution in [0, 0.1) is 6.92 Å². The maximum Gasteiger partial charge on any atom is -0.0556 e. The first-order valence-electron chi connectivity index (χ1n) is 11.7. The van der Waals surface area contributed by atoms with E-state index in [9.17, 15) is 9.59 Å². The molecule has 36 heavy (non-hydrogen) atoms. The van der Waals surface area contributed by atoms with Crippen molar-refractivity contribution in [1.82, 2.24) is 24.0 Å². The molecule has 0 saturated heterocycles. The Morgan fingerprint density at radius 3 is 2.61 bits per heavy atom. The fourth-order valence-corrected chi connectivity index (χ4v) is 8.18. The third-order valence-electron chi connectivity index (χ3n) is 5.63. The van der Waals surface area contributed by atoms with E-state index in [0.29, 0.717) is 12.2 Å². The van der Waals surface area contributed by atoms with Crippen LogP contribution in [0.1, 0.15) is 34.2 Å². The van der Waals surface area contributed by atoms with Crippen molar-refractivity contribution < 1.29 is 4.79 Å². The van der Waals surface area contributed by atoms with E-state index in [4.69, 9.17) is 0 Å². The van der Waals surface area contributed by atoms with Gasteiger partial charge in [-0.25, -0.2) is 0 Å². The maximum absolute atomic E-state index is 12.7. The van der Waals surface area contributed by atoms with Crippen LogP contribution in [0.2, 0.25) is 0 Å². The second kappa shape index (κ2) is 11.3.